The Labute approximate surface area is 163 Å². The molecule has 0 radical (unpaired) electrons. The molecular weight excluding hydrogens is 369 g/mol. The van der Waals surface area contributed by atoms with Gasteiger partial charge in [0.2, 0.25) is 5.91 Å². The quantitative estimate of drug-likeness (QED) is 0.785. The summed E-state index contributed by atoms with van der Waals surface area (Å²) in [4.78, 5) is 13.4. The Hall–Kier alpha value is -1.55. The summed E-state index contributed by atoms with van der Waals surface area (Å²) < 4.78 is 5.52. The zero-order chi connectivity index (χ0) is 18.1. The van der Waals surface area contributed by atoms with Crippen molar-refractivity contribution in [1.82, 2.24) is 0 Å². The van der Waals surface area contributed by atoms with Gasteiger partial charge in [-0.2, -0.15) is 0 Å². The lowest BCUT2D eigenvalue weighted by molar-refractivity contribution is -0.125. The Balaban J connectivity index is 1.67. The van der Waals surface area contributed by atoms with Crippen molar-refractivity contribution in [2.75, 3.05) is 18.5 Å². The molecule has 1 heterocycles. The molecular formula is C21H21Cl2NO2. The molecule has 0 atom stereocenters. The van der Waals surface area contributed by atoms with E-state index in [-0.39, 0.29) is 5.91 Å². The maximum Gasteiger partial charge on any atom is 0.235 e. The van der Waals surface area contributed by atoms with Crippen molar-refractivity contribution in [3.05, 3.63) is 63.1 Å². The summed E-state index contributed by atoms with van der Waals surface area (Å²) in [6.07, 6.45) is 4.61. The predicted octanol–water partition coefficient (Wildman–Crippen LogP) is 5.17. The van der Waals surface area contributed by atoms with E-state index in [1.54, 1.807) is 12.1 Å². The first-order valence-electron chi connectivity index (χ1n) is 9.05. The van der Waals surface area contributed by atoms with Crippen molar-refractivity contribution in [2.24, 2.45) is 0 Å². The van der Waals surface area contributed by atoms with Gasteiger partial charge in [0.15, 0.2) is 0 Å². The molecule has 0 bridgehead atoms. The third-order valence-electron chi connectivity index (χ3n) is 5.58. The lowest BCUT2D eigenvalue weighted by Gasteiger charge is -2.37. The minimum Gasteiger partial charge on any atom is -0.381 e. The van der Waals surface area contributed by atoms with Gasteiger partial charge in [0, 0.05) is 28.9 Å². The van der Waals surface area contributed by atoms with Crippen molar-refractivity contribution >= 4 is 34.8 Å². The molecule has 2 aromatic rings. The number of hydrogen-bond acceptors (Lipinski definition) is 2. The Bertz CT molecular complexity index is 844. The minimum atomic E-state index is -0.695. The molecule has 1 saturated heterocycles. The van der Waals surface area contributed by atoms with Crippen LogP contribution >= 0.6 is 23.2 Å². The van der Waals surface area contributed by atoms with Crippen LogP contribution in [0.1, 0.15) is 36.0 Å². The maximum absolute atomic E-state index is 13.4. The van der Waals surface area contributed by atoms with Crippen LogP contribution in [0, 0.1) is 0 Å². The fraction of sp³-hybridized carbons (Fsp3) is 0.381. The highest BCUT2D eigenvalue weighted by atomic mass is 35.5. The molecule has 1 aliphatic carbocycles. The van der Waals surface area contributed by atoms with Crippen LogP contribution in [0.15, 0.2) is 36.4 Å². The average Bonchev–Trinajstić information content (AvgIpc) is 3.10. The second-order valence-electron chi connectivity index (χ2n) is 7.11. The zero-order valence-electron chi connectivity index (χ0n) is 14.5. The first-order valence-corrected chi connectivity index (χ1v) is 9.81. The molecule has 0 saturated carbocycles. The summed E-state index contributed by atoms with van der Waals surface area (Å²) in [7, 11) is 0. The molecule has 2 aliphatic rings. The van der Waals surface area contributed by atoms with Gasteiger partial charge < -0.3 is 10.1 Å². The molecule has 1 fully saturated rings. The molecule has 4 rings (SSSR count). The van der Waals surface area contributed by atoms with Gasteiger partial charge in [0.05, 0.1) is 5.41 Å². The van der Waals surface area contributed by atoms with Crippen molar-refractivity contribution in [3.8, 4) is 0 Å². The first-order chi connectivity index (χ1) is 12.6. The summed E-state index contributed by atoms with van der Waals surface area (Å²) in [5.74, 6) is -0.0250. The fourth-order valence-corrected chi connectivity index (χ4v) is 4.71. The molecule has 1 aliphatic heterocycles. The number of rotatable bonds is 3. The molecule has 0 spiro atoms. The van der Waals surface area contributed by atoms with Gasteiger partial charge in [-0.3, -0.25) is 4.79 Å². The second kappa shape index (κ2) is 7.22. The lowest BCUT2D eigenvalue weighted by Crippen LogP contribution is -2.45. The SMILES string of the molecule is O=C(Nc1ccc2c(c1)CCC2)C1(c2ccc(Cl)cc2Cl)CCOCC1. The monoisotopic (exact) mass is 389 g/mol. The van der Waals surface area contributed by atoms with Crippen LogP contribution in [0.25, 0.3) is 0 Å². The Morgan fingerprint density at radius 1 is 1.00 bits per heavy atom. The van der Waals surface area contributed by atoms with Crippen molar-refractivity contribution in [3.63, 3.8) is 0 Å². The lowest BCUT2D eigenvalue weighted by atomic mass is 9.73. The van der Waals surface area contributed by atoms with Crippen LogP contribution in [0.4, 0.5) is 5.69 Å². The van der Waals surface area contributed by atoms with Crippen LogP contribution in [0.2, 0.25) is 10.0 Å². The summed E-state index contributed by atoms with van der Waals surface area (Å²) in [5.41, 5.74) is 3.72. The molecule has 1 amide bonds. The molecule has 2 aromatic carbocycles. The second-order valence-corrected chi connectivity index (χ2v) is 7.95. The first kappa shape index (κ1) is 17.8. The molecule has 1 N–H and O–H groups in total. The highest BCUT2D eigenvalue weighted by Gasteiger charge is 2.43. The van der Waals surface area contributed by atoms with Gasteiger partial charge in [-0.1, -0.05) is 35.3 Å². The summed E-state index contributed by atoms with van der Waals surface area (Å²) in [5, 5.41) is 4.24. The van der Waals surface area contributed by atoms with E-state index in [1.807, 2.05) is 12.1 Å². The summed E-state index contributed by atoms with van der Waals surface area (Å²) >= 11 is 12.5. The van der Waals surface area contributed by atoms with Gasteiger partial charge in [-0.05, 0) is 73.1 Å². The molecule has 26 heavy (non-hydrogen) atoms. The number of anilines is 1. The number of carbonyl (C=O) groups excluding carboxylic acids is 1. The van der Waals surface area contributed by atoms with Crippen LogP contribution in [0.5, 0.6) is 0 Å². The number of nitrogens with one attached hydrogen (secondary N) is 1. The molecule has 136 valence electrons. The van der Waals surface area contributed by atoms with Crippen LogP contribution in [-0.4, -0.2) is 19.1 Å². The number of ether oxygens (including phenoxy) is 1. The molecule has 0 unspecified atom stereocenters. The standard InChI is InChI=1S/C21H21Cl2NO2/c22-16-5-7-18(19(23)13-16)21(8-10-26-11-9-21)20(25)24-17-6-4-14-2-1-3-15(14)12-17/h4-7,12-13H,1-3,8-11H2,(H,24,25). The number of aryl methyl sites for hydroxylation is 2. The molecule has 0 aromatic heterocycles. The molecule has 5 heteroatoms. The third-order valence-corrected chi connectivity index (χ3v) is 6.13. The van der Waals surface area contributed by atoms with Crippen molar-refractivity contribution in [1.29, 1.82) is 0 Å². The number of fused-ring (bicyclic) bond motifs is 1. The smallest absolute Gasteiger partial charge is 0.235 e. The van der Waals surface area contributed by atoms with E-state index in [0.717, 1.165) is 24.1 Å². The number of halogens is 2. The van der Waals surface area contributed by atoms with E-state index in [0.29, 0.717) is 36.1 Å². The van der Waals surface area contributed by atoms with E-state index in [1.165, 1.54) is 17.5 Å². The highest BCUT2D eigenvalue weighted by molar-refractivity contribution is 6.35. The van der Waals surface area contributed by atoms with Crippen LogP contribution < -0.4 is 5.32 Å². The number of carbonyl (C=O) groups is 1. The summed E-state index contributed by atoms with van der Waals surface area (Å²) in [6.45, 7) is 1.08. The van der Waals surface area contributed by atoms with E-state index >= 15 is 0 Å². The summed E-state index contributed by atoms with van der Waals surface area (Å²) in [6, 6.07) is 11.6. The predicted molar refractivity (Wildman–Crippen MR) is 105 cm³/mol. The average molecular weight is 390 g/mol. The van der Waals surface area contributed by atoms with Gasteiger partial charge >= 0.3 is 0 Å². The number of hydrogen-bond donors (Lipinski definition) is 1. The molecule has 3 nitrogen and oxygen atoms in total. The number of amides is 1. The Morgan fingerprint density at radius 3 is 2.54 bits per heavy atom. The fourth-order valence-electron chi connectivity index (χ4n) is 4.12. The van der Waals surface area contributed by atoms with Gasteiger partial charge in [0.1, 0.15) is 0 Å². The minimum absolute atomic E-state index is 0.0250. The third kappa shape index (κ3) is 3.24. The normalized spacial score (nSPS) is 18.4. The largest absolute Gasteiger partial charge is 0.381 e. The van der Waals surface area contributed by atoms with Gasteiger partial charge in [-0.25, -0.2) is 0 Å². The van der Waals surface area contributed by atoms with Crippen LogP contribution in [0.3, 0.4) is 0 Å². The van der Waals surface area contributed by atoms with Crippen molar-refractivity contribution < 1.29 is 9.53 Å². The highest BCUT2D eigenvalue weighted by Crippen LogP contribution is 2.40. The van der Waals surface area contributed by atoms with Gasteiger partial charge in [-0.15, -0.1) is 0 Å². The van der Waals surface area contributed by atoms with Crippen LogP contribution in [-0.2, 0) is 27.8 Å². The Kier molecular flexibility index (Phi) is 4.96. The Morgan fingerprint density at radius 2 is 1.77 bits per heavy atom. The maximum atomic E-state index is 13.4. The van der Waals surface area contributed by atoms with E-state index < -0.39 is 5.41 Å². The van der Waals surface area contributed by atoms with Gasteiger partial charge in [0.25, 0.3) is 0 Å². The van der Waals surface area contributed by atoms with E-state index in [4.69, 9.17) is 27.9 Å². The van der Waals surface area contributed by atoms with Crippen molar-refractivity contribution in [2.45, 2.75) is 37.5 Å². The van der Waals surface area contributed by atoms with E-state index in [2.05, 4.69) is 17.4 Å². The topological polar surface area (TPSA) is 38.3 Å². The number of benzene rings is 2. The van der Waals surface area contributed by atoms with E-state index in [9.17, 15) is 4.79 Å². The zero-order valence-corrected chi connectivity index (χ0v) is 16.0.